The highest BCUT2D eigenvalue weighted by atomic mass is 32.2. The van der Waals surface area contributed by atoms with Crippen molar-refractivity contribution in [2.24, 2.45) is 0 Å². The van der Waals surface area contributed by atoms with E-state index in [1.165, 1.54) is 22.9 Å². The largest absolute Gasteiger partial charge is 0.480 e. The summed E-state index contributed by atoms with van der Waals surface area (Å²) in [5.41, 5.74) is 3.80. The Morgan fingerprint density at radius 1 is 1.29 bits per heavy atom. The second kappa shape index (κ2) is 3.88. The fourth-order valence-corrected chi connectivity index (χ4v) is 3.62. The van der Waals surface area contributed by atoms with Crippen LogP contribution in [0.1, 0.15) is 38.7 Å². The van der Waals surface area contributed by atoms with Crippen LogP contribution in [0.3, 0.4) is 0 Å². The molecule has 88 valence electrons. The number of carbonyl (C=O) groups excluding carboxylic acids is 1. The lowest BCUT2D eigenvalue weighted by molar-refractivity contribution is -0.136. The average Bonchev–Trinajstić information content (AvgIpc) is 2.74. The van der Waals surface area contributed by atoms with Crippen molar-refractivity contribution in [2.45, 2.75) is 24.5 Å². The topological polar surface area (TPSA) is 54.4 Å². The number of ketones is 1. The van der Waals surface area contributed by atoms with Crippen molar-refractivity contribution < 1.29 is 14.7 Å². The molecule has 0 amide bonds. The average molecular weight is 248 g/mol. The van der Waals surface area contributed by atoms with E-state index in [9.17, 15) is 14.7 Å². The Hall–Kier alpha value is -1.29. The summed E-state index contributed by atoms with van der Waals surface area (Å²) >= 11 is 1.22. The number of carboxylic acids is 1. The number of hydrogen-bond donors (Lipinski definition) is 1. The lowest BCUT2D eigenvalue weighted by Gasteiger charge is -2.22. The summed E-state index contributed by atoms with van der Waals surface area (Å²) in [5.74, 6) is -0.498. The maximum atomic E-state index is 11.8. The molecule has 0 fully saturated rings. The van der Waals surface area contributed by atoms with Crippen LogP contribution in [0.4, 0.5) is 0 Å². The Bertz CT molecular complexity index is 522. The molecular weight excluding hydrogens is 236 g/mol. The number of hydrogen-bond acceptors (Lipinski definition) is 3. The van der Waals surface area contributed by atoms with Crippen LogP contribution in [0.2, 0.25) is 0 Å². The number of benzene rings is 1. The van der Waals surface area contributed by atoms with E-state index in [0.717, 1.165) is 19.3 Å². The van der Waals surface area contributed by atoms with Crippen LogP contribution in [0, 0.1) is 0 Å². The van der Waals surface area contributed by atoms with Crippen LogP contribution in [-0.2, 0) is 17.6 Å². The van der Waals surface area contributed by atoms with E-state index in [1.54, 1.807) is 0 Å². The van der Waals surface area contributed by atoms with Crippen LogP contribution in [0.5, 0.6) is 0 Å². The molecule has 0 radical (unpaired) electrons. The Kier molecular flexibility index (Phi) is 2.47. The van der Waals surface area contributed by atoms with Gasteiger partial charge in [0, 0.05) is 5.56 Å². The van der Waals surface area contributed by atoms with Crippen molar-refractivity contribution in [2.75, 3.05) is 5.75 Å². The van der Waals surface area contributed by atoms with Crippen molar-refractivity contribution in [3.05, 3.63) is 34.4 Å². The van der Waals surface area contributed by atoms with Gasteiger partial charge in [-0.2, -0.15) is 0 Å². The number of fused-ring (bicyclic) bond motifs is 2. The first-order valence-corrected chi connectivity index (χ1v) is 6.75. The summed E-state index contributed by atoms with van der Waals surface area (Å²) < 4.78 is 0. The summed E-state index contributed by atoms with van der Waals surface area (Å²) in [6, 6.07) is 3.87. The Morgan fingerprint density at radius 2 is 2.00 bits per heavy atom. The maximum absolute atomic E-state index is 11.8. The second-order valence-corrected chi connectivity index (χ2v) is 5.61. The molecule has 1 aliphatic carbocycles. The predicted octanol–water partition coefficient (Wildman–Crippen LogP) is 2.23. The third kappa shape index (κ3) is 1.67. The standard InChI is InChI=1S/C13H12O3S/c14-11-6-17-12(13(15)16)10-5-8-3-1-2-7(8)4-9(10)11/h4-5,12H,1-3,6H2,(H,15,16). The van der Waals surface area contributed by atoms with Crippen molar-refractivity contribution >= 4 is 23.5 Å². The highest BCUT2D eigenvalue weighted by Crippen LogP contribution is 2.39. The van der Waals surface area contributed by atoms with Gasteiger partial charge in [-0.25, -0.2) is 0 Å². The van der Waals surface area contributed by atoms with Crippen LogP contribution < -0.4 is 0 Å². The number of rotatable bonds is 1. The number of thioether (sulfide) groups is 1. The first kappa shape index (κ1) is 10.8. The molecule has 1 N–H and O–H groups in total. The molecule has 3 nitrogen and oxygen atoms in total. The van der Waals surface area contributed by atoms with Gasteiger partial charge >= 0.3 is 5.97 Å². The quantitative estimate of drug-likeness (QED) is 0.828. The van der Waals surface area contributed by atoms with Gasteiger partial charge in [-0.15, -0.1) is 11.8 Å². The van der Waals surface area contributed by atoms with Crippen molar-refractivity contribution in [1.29, 1.82) is 0 Å². The van der Waals surface area contributed by atoms with E-state index >= 15 is 0 Å². The number of aliphatic carboxylic acids is 1. The van der Waals surface area contributed by atoms with Gasteiger partial charge in [0.2, 0.25) is 0 Å². The van der Waals surface area contributed by atoms with Crippen LogP contribution in [0.25, 0.3) is 0 Å². The van der Waals surface area contributed by atoms with Crippen molar-refractivity contribution in [3.8, 4) is 0 Å². The molecule has 1 atom stereocenters. The molecule has 1 aromatic carbocycles. The zero-order valence-corrected chi connectivity index (χ0v) is 10.0. The molecule has 0 spiro atoms. The Balaban J connectivity index is 2.17. The van der Waals surface area contributed by atoms with Crippen LogP contribution >= 0.6 is 11.8 Å². The molecular formula is C13H12O3S. The molecule has 3 rings (SSSR count). The molecule has 1 aliphatic heterocycles. The van der Waals surface area contributed by atoms with Gasteiger partial charge in [0.1, 0.15) is 5.25 Å². The van der Waals surface area contributed by atoms with E-state index in [2.05, 4.69) is 0 Å². The molecule has 1 heterocycles. The molecule has 0 saturated heterocycles. The molecule has 0 saturated carbocycles. The first-order valence-electron chi connectivity index (χ1n) is 5.70. The highest BCUT2D eigenvalue weighted by Gasteiger charge is 2.32. The third-order valence-electron chi connectivity index (χ3n) is 3.45. The number of carbonyl (C=O) groups is 2. The maximum Gasteiger partial charge on any atom is 0.321 e. The SMILES string of the molecule is O=C1CSC(C(=O)O)c2cc3c(cc21)CCC3. The van der Waals surface area contributed by atoms with Crippen molar-refractivity contribution in [3.63, 3.8) is 0 Å². The minimum absolute atomic E-state index is 0.0669. The fourth-order valence-electron chi connectivity index (χ4n) is 2.63. The van der Waals surface area contributed by atoms with E-state index < -0.39 is 11.2 Å². The molecule has 17 heavy (non-hydrogen) atoms. The monoisotopic (exact) mass is 248 g/mol. The summed E-state index contributed by atoms with van der Waals surface area (Å²) in [5, 5.41) is 8.61. The zero-order valence-electron chi connectivity index (χ0n) is 9.23. The molecule has 4 heteroatoms. The van der Waals surface area contributed by atoms with Gasteiger partial charge in [-0.3, -0.25) is 9.59 Å². The minimum atomic E-state index is -0.846. The molecule has 1 aromatic rings. The lowest BCUT2D eigenvalue weighted by Crippen LogP contribution is -2.21. The lowest BCUT2D eigenvalue weighted by atomic mass is 9.95. The van der Waals surface area contributed by atoms with Crippen molar-refractivity contribution in [1.82, 2.24) is 0 Å². The smallest absolute Gasteiger partial charge is 0.321 e. The molecule has 2 aliphatic rings. The number of aryl methyl sites for hydroxylation is 2. The normalized spacial score (nSPS) is 22.1. The van der Waals surface area contributed by atoms with Gasteiger partial charge in [0.25, 0.3) is 0 Å². The van der Waals surface area contributed by atoms with Gasteiger partial charge in [-0.05, 0) is 42.0 Å². The van der Waals surface area contributed by atoms with Gasteiger partial charge < -0.3 is 5.11 Å². The first-order chi connectivity index (χ1) is 8.16. The van der Waals surface area contributed by atoms with Crippen LogP contribution in [-0.4, -0.2) is 22.6 Å². The fraction of sp³-hybridized carbons (Fsp3) is 0.385. The van der Waals surface area contributed by atoms with Gasteiger partial charge in [0.05, 0.1) is 5.75 Å². The predicted molar refractivity (Wildman–Crippen MR) is 65.6 cm³/mol. The van der Waals surface area contributed by atoms with E-state index in [-0.39, 0.29) is 11.5 Å². The minimum Gasteiger partial charge on any atom is -0.480 e. The summed E-state index contributed by atoms with van der Waals surface area (Å²) in [4.78, 5) is 23.0. The summed E-state index contributed by atoms with van der Waals surface area (Å²) in [7, 11) is 0. The Morgan fingerprint density at radius 3 is 2.71 bits per heavy atom. The Labute approximate surface area is 103 Å². The highest BCUT2D eigenvalue weighted by molar-refractivity contribution is 8.01. The molecule has 0 bridgehead atoms. The van der Waals surface area contributed by atoms with Gasteiger partial charge in [0.15, 0.2) is 5.78 Å². The summed E-state index contributed by atoms with van der Waals surface area (Å²) in [6.07, 6.45) is 3.13. The van der Waals surface area contributed by atoms with E-state index in [1.807, 2.05) is 12.1 Å². The molecule has 1 unspecified atom stereocenters. The third-order valence-corrected chi connectivity index (χ3v) is 4.67. The van der Waals surface area contributed by atoms with Crippen LogP contribution in [0.15, 0.2) is 12.1 Å². The van der Waals surface area contributed by atoms with Gasteiger partial charge in [-0.1, -0.05) is 6.07 Å². The molecule has 0 aromatic heterocycles. The van der Waals surface area contributed by atoms with E-state index in [4.69, 9.17) is 0 Å². The number of carboxylic acid groups (broad SMARTS) is 1. The zero-order chi connectivity index (χ0) is 12.0. The summed E-state index contributed by atoms with van der Waals surface area (Å²) in [6.45, 7) is 0. The number of Topliss-reactive ketones (excluding diaryl/α,β-unsaturated/α-hetero) is 1. The van der Waals surface area contributed by atoms with E-state index in [0.29, 0.717) is 11.1 Å². The second-order valence-electron chi connectivity index (χ2n) is 4.51.